The van der Waals surface area contributed by atoms with Crippen molar-refractivity contribution in [2.24, 2.45) is 5.41 Å². The first-order chi connectivity index (χ1) is 10.5. The molecule has 22 heavy (non-hydrogen) atoms. The third kappa shape index (κ3) is 2.74. The second-order valence-corrected chi connectivity index (χ2v) is 7.54. The maximum atomic E-state index is 12.4. The summed E-state index contributed by atoms with van der Waals surface area (Å²) in [4.78, 5) is 18.5. The van der Waals surface area contributed by atoms with Crippen LogP contribution in [-0.2, 0) is 11.3 Å². The Hall–Kier alpha value is -1.14. The maximum absolute atomic E-state index is 12.4. The van der Waals surface area contributed by atoms with Crippen LogP contribution in [0.2, 0.25) is 0 Å². The predicted molar refractivity (Wildman–Crippen MR) is 87.0 cm³/mol. The molecule has 0 aromatic carbocycles. The molecule has 0 saturated heterocycles. The normalized spacial score (nSPS) is 25.4. The highest BCUT2D eigenvalue weighted by atomic mass is 32.1. The summed E-state index contributed by atoms with van der Waals surface area (Å²) in [5, 5.41) is 6.26. The van der Waals surface area contributed by atoms with Gasteiger partial charge in [0.25, 0.3) is 0 Å². The van der Waals surface area contributed by atoms with E-state index in [1.54, 1.807) is 16.2 Å². The number of ether oxygens (including phenoxy) is 1. The number of carbonyl (C=O) groups is 1. The first kappa shape index (κ1) is 15.7. The molecular weight excluding hydrogens is 298 g/mol. The molecule has 2 atom stereocenters. The number of aryl methyl sites for hydroxylation is 1. The van der Waals surface area contributed by atoms with E-state index in [1.165, 1.54) is 19.3 Å². The smallest absolute Gasteiger partial charge is 0.317 e. The molecule has 0 unspecified atom stereocenters. The Morgan fingerprint density at radius 3 is 2.91 bits per heavy atom. The summed E-state index contributed by atoms with van der Waals surface area (Å²) in [5.41, 5.74) is 1.17. The van der Waals surface area contributed by atoms with Gasteiger partial charge in [0.1, 0.15) is 0 Å². The lowest BCUT2D eigenvalue weighted by atomic mass is 9.51. The van der Waals surface area contributed by atoms with E-state index >= 15 is 0 Å². The van der Waals surface area contributed by atoms with Gasteiger partial charge in [-0.05, 0) is 33.1 Å². The molecule has 0 bridgehead atoms. The van der Waals surface area contributed by atoms with Crippen molar-refractivity contribution in [3.8, 4) is 0 Å². The van der Waals surface area contributed by atoms with E-state index in [2.05, 4.69) is 10.3 Å². The topological polar surface area (TPSA) is 54.5 Å². The van der Waals surface area contributed by atoms with Gasteiger partial charge >= 0.3 is 6.03 Å². The molecule has 1 N–H and O–H groups in total. The summed E-state index contributed by atoms with van der Waals surface area (Å²) in [6, 6.07) is 0.266. The lowest BCUT2D eigenvalue weighted by Crippen LogP contribution is -2.68. The molecule has 2 saturated carbocycles. The van der Waals surface area contributed by atoms with Gasteiger partial charge in [-0.15, -0.1) is 11.3 Å². The highest BCUT2D eigenvalue weighted by molar-refractivity contribution is 7.09. The fourth-order valence-electron chi connectivity index (χ4n) is 3.70. The first-order valence-electron chi connectivity index (χ1n) is 8.09. The van der Waals surface area contributed by atoms with E-state index in [-0.39, 0.29) is 17.5 Å². The van der Waals surface area contributed by atoms with Crippen LogP contribution in [0.5, 0.6) is 0 Å². The van der Waals surface area contributed by atoms with Gasteiger partial charge in [-0.3, -0.25) is 0 Å². The summed E-state index contributed by atoms with van der Waals surface area (Å²) >= 11 is 1.62. The molecule has 0 aliphatic heterocycles. The zero-order valence-corrected chi connectivity index (χ0v) is 14.4. The first-order valence-corrected chi connectivity index (χ1v) is 8.97. The van der Waals surface area contributed by atoms with E-state index in [1.807, 2.05) is 26.3 Å². The Morgan fingerprint density at radius 1 is 1.59 bits per heavy atom. The van der Waals surface area contributed by atoms with Crippen LogP contribution >= 0.6 is 11.3 Å². The summed E-state index contributed by atoms with van der Waals surface area (Å²) < 4.78 is 5.83. The monoisotopic (exact) mass is 323 g/mol. The predicted octanol–water partition coefficient (Wildman–Crippen LogP) is 2.94. The van der Waals surface area contributed by atoms with Crippen molar-refractivity contribution in [1.82, 2.24) is 15.2 Å². The molecular formula is C16H25N3O2S. The Labute approximate surface area is 136 Å². The third-order valence-electron chi connectivity index (χ3n) is 5.15. The van der Waals surface area contributed by atoms with Crippen LogP contribution in [0.3, 0.4) is 0 Å². The van der Waals surface area contributed by atoms with Crippen LogP contribution in [-0.4, -0.2) is 41.7 Å². The highest BCUT2D eigenvalue weighted by Crippen LogP contribution is 2.57. The van der Waals surface area contributed by atoms with Crippen molar-refractivity contribution >= 4 is 17.4 Å². The molecule has 5 nitrogen and oxygen atoms in total. The van der Waals surface area contributed by atoms with Crippen molar-refractivity contribution in [1.29, 1.82) is 0 Å². The lowest BCUT2D eigenvalue weighted by Gasteiger charge is -2.61. The van der Waals surface area contributed by atoms with E-state index in [4.69, 9.17) is 4.74 Å². The van der Waals surface area contributed by atoms with Gasteiger partial charge in [0, 0.05) is 30.5 Å². The fraction of sp³-hybridized carbons (Fsp3) is 0.750. The zero-order valence-electron chi connectivity index (χ0n) is 13.6. The van der Waals surface area contributed by atoms with E-state index in [0.29, 0.717) is 12.6 Å². The van der Waals surface area contributed by atoms with Gasteiger partial charge in [-0.1, -0.05) is 6.42 Å². The number of amides is 2. The van der Waals surface area contributed by atoms with Crippen molar-refractivity contribution < 1.29 is 9.53 Å². The Bertz CT molecular complexity index is 541. The molecule has 6 heteroatoms. The van der Waals surface area contributed by atoms with E-state index in [0.717, 1.165) is 23.7 Å². The van der Waals surface area contributed by atoms with Gasteiger partial charge in [0.15, 0.2) is 0 Å². The van der Waals surface area contributed by atoms with Crippen molar-refractivity contribution in [2.75, 3.05) is 13.7 Å². The minimum absolute atomic E-state index is 0.00289. The van der Waals surface area contributed by atoms with Crippen LogP contribution in [0, 0.1) is 12.3 Å². The van der Waals surface area contributed by atoms with E-state index in [9.17, 15) is 4.79 Å². The van der Waals surface area contributed by atoms with Crippen molar-refractivity contribution in [2.45, 2.75) is 58.2 Å². The molecule has 2 aliphatic rings. The molecule has 122 valence electrons. The quantitative estimate of drug-likeness (QED) is 0.906. The Morgan fingerprint density at radius 2 is 2.36 bits per heavy atom. The zero-order chi connectivity index (χ0) is 15.7. The van der Waals surface area contributed by atoms with Gasteiger partial charge in [0.05, 0.1) is 23.4 Å². The van der Waals surface area contributed by atoms with Crippen LogP contribution in [0.1, 0.15) is 43.3 Å². The molecule has 1 aromatic rings. The Kier molecular flexibility index (Phi) is 4.41. The minimum Gasteiger partial charge on any atom is -0.378 e. The number of rotatable bonds is 5. The number of urea groups is 1. The van der Waals surface area contributed by atoms with Gasteiger partial charge in [-0.2, -0.15) is 0 Å². The number of aromatic nitrogens is 1. The summed E-state index contributed by atoms with van der Waals surface area (Å²) in [5.74, 6) is 0. The molecule has 1 heterocycles. The van der Waals surface area contributed by atoms with Gasteiger partial charge in [-0.25, -0.2) is 9.78 Å². The molecule has 0 radical (unpaired) electrons. The minimum atomic E-state index is -0.00289. The van der Waals surface area contributed by atoms with Crippen LogP contribution < -0.4 is 5.32 Å². The summed E-state index contributed by atoms with van der Waals surface area (Å²) in [7, 11) is 1.83. The van der Waals surface area contributed by atoms with Crippen LogP contribution in [0.15, 0.2) is 5.38 Å². The third-order valence-corrected chi connectivity index (χ3v) is 5.97. The average Bonchev–Trinajstić information content (AvgIpc) is 2.80. The Balaban J connectivity index is 1.53. The van der Waals surface area contributed by atoms with Crippen molar-refractivity contribution in [3.05, 3.63) is 16.1 Å². The average molecular weight is 323 g/mol. The molecule has 3 rings (SSSR count). The second-order valence-electron chi connectivity index (χ2n) is 6.48. The van der Waals surface area contributed by atoms with Crippen LogP contribution in [0.4, 0.5) is 4.79 Å². The largest absolute Gasteiger partial charge is 0.378 e. The molecule has 2 aliphatic carbocycles. The van der Waals surface area contributed by atoms with Gasteiger partial charge in [0.2, 0.25) is 0 Å². The summed E-state index contributed by atoms with van der Waals surface area (Å²) in [6.45, 7) is 5.35. The highest BCUT2D eigenvalue weighted by Gasteiger charge is 2.59. The van der Waals surface area contributed by atoms with Crippen LogP contribution in [0.25, 0.3) is 0 Å². The molecule has 1 spiro atoms. The molecule has 1 aromatic heterocycles. The second kappa shape index (κ2) is 6.16. The SMILES string of the molecule is CCO[C@@H]1C[C@@H](NC(=O)N(C)Cc2csc(C)n2)C12CCC2. The standard InChI is InChI=1S/C16H25N3O2S/c1-4-21-14-8-13(16(14)6-5-7-16)18-15(20)19(3)9-12-10-22-11(2)17-12/h10,13-14H,4-9H2,1-3H3,(H,18,20)/t13-,14-/m1/s1. The molecule has 2 amide bonds. The number of carbonyl (C=O) groups excluding carboxylic acids is 1. The van der Waals surface area contributed by atoms with Crippen molar-refractivity contribution in [3.63, 3.8) is 0 Å². The van der Waals surface area contributed by atoms with E-state index < -0.39 is 0 Å². The molecule has 2 fully saturated rings. The number of thiazole rings is 1. The summed E-state index contributed by atoms with van der Waals surface area (Å²) in [6.07, 6.45) is 4.89. The fourth-order valence-corrected chi connectivity index (χ4v) is 4.30. The lowest BCUT2D eigenvalue weighted by molar-refractivity contribution is -0.169. The number of hydrogen-bond acceptors (Lipinski definition) is 4. The number of nitrogens with one attached hydrogen (secondary N) is 1. The number of nitrogens with zero attached hydrogens (tertiary/aromatic N) is 2. The van der Waals surface area contributed by atoms with Gasteiger partial charge < -0.3 is 15.0 Å². The maximum Gasteiger partial charge on any atom is 0.317 e. The number of hydrogen-bond donors (Lipinski definition) is 1.